The molecule has 0 aliphatic heterocycles. The Hall–Kier alpha value is -3.48. The topological polar surface area (TPSA) is 0 Å². The van der Waals surface area contributed by atoms with E-state index in [1.807, 2.05) is 30.3 Å². The van der Waals surface area contributed by atoms with Gasteiger partial charge in [-0.1, -0.05) is 96.5 Å². The van der Waals surface area contributed by atoms with Crippen LogP contribution in [0.4, 0.5) is 0 Å². The molecule has 2 aromatic carbocycles. The van der Waals surface area contributed by atoms with Gasteiger partial charge in [0.2, 0.25) is 0 Å². The Morgan fingerprint density at radius 1 is 0.742 bits per heavy atom. The lowest BCUT2D eigenvalue weighted by molar-refractivity contribution is 0.815. The van der Waals surface area contributed by atoms with Crippen molar-refractivity contribution in [1.82, 2.24) is 0 Å². The van der Waals surface area contributed by atoms with Crippen LogP contribution in [0, 0.1) is 40.9 Å². The average molecular weight is 397 g/mol. The summed E-state index contributed by atoms with van der Waals surface area (Å²) in [7, 11) is 0. The van der Waals surface area contributed by atoms with Crippen molar-refractivity contribution in [1.29, 1.82) is 0 Å². The molecule has 2 saturated carbocycles. The number of hydrogen-bond acceptors (Lipinski definition) is 0. The monoisotopic (exact) mass is 396 g/mol. The third kappa shape index (κ3) is 3.40. The minimum absolute atomic E-state index is 0.128. The van der Waals surface area contributed by atoms with Gasteiger partial charge < -0.3 is 0 Å². The van der Waals surface area contributed by atoms with Crippen LogP contribution in [-0.4, -0.2) is 0 Å². The molecule has 0 bridgehead atoms. The maximum Gasteiger partial charge on any atom is 0.0569 e. The lowest BCUT2D eigenvalue weighted by Crippen LogP contribution is -2.05. The maximum atomic E-state index is 3.59. The lowest BCUT2D eigenvalue weighted by atomic mass is 9.92. The summed E-state index contributed by atoms with van der Waals surface area (Å²) in [4.78, 5) is 0. The molecule has 0 saturated heterocycles. The van der Waals surface area contributed by atoms with Crippen LogP contribution in [0.2, 0.25) is 0 Å². The zero-order chi connectivity index (χ0) is 20.7. The largest absolute Gasteiger partial charge is 0.0866 e. The fourth-order valence-electron chi connectivity index (χ4n) is 5.01. The van der Waals surface area contributed by atoms with Gasteiger partial charge >= 0.3 is 0 Å². The van der Waals surface area contributed by atoms with E-state index in [2.05, 4.69) is 90.5 Å². The molecular formula is C31H24. The predicted octanol–water partition coefficient (Wildman–Crippen LogP) is 6.37. The van der Waals surface area contributed by atoms with Crippen LogP contribution in [0.3, 0.4) is 0 Å². The number of hydrogen-bond donors (Lipinski definition) is 0. The minimum atomic E-state index is 0.128. The van der Waals surface area contributed by atoms with Crippen LogP contribution < -0.4 is 0 Å². The Morgan fingerprint density at radius 3 is 2.35 bits per heavy atom. The molecule has 2 fully saturated rings. The van der Waals surface area contributed by atoms with Gasteiger partial charge in [-0.25, -0.2) is 0 Å². The molecule has 0 spiro atoms. The van der Waals surface area contributed by atoms with E-state index in [1.165, 1.54) is 24.0 Å². The maximum absolute atomic E-state index is 3.59. The van der Waals surface area contributed by atoms with Crippen molar-refractivity contribution < 1.29 is 0 Å². The van der Waals surface area contributed by atoms with Crippen molar-refractivity contribution in [3.8, 4) is 23.7 Å². The third-order valence-electron chi connectivity index (χ3n) is 7.13. The van der Waals surface area contributed by atoms with Crippen LogP contribution in [0.15, 0.2) is 103 Å². The highest BCUT2D eigenvalue weighted by molar-refractivity contribution is 5.51. The molecule has 0 nitrogen and oxygen atoms in total. The highest BCUT2D eigenvalue weighted by Crippen LogP contribution is 2.58. The number of benzene rings is 2. The standard InChI is InChI=1S/C31H24/c1-2-7-24(8-3-1)11-12-25-13-15-27(16-14-25)31-19-6-9-26(21-29(31)23-31)17-20-30-18-5-4-10-28(30)22-30/h1-8,10,13-16,18-19,21,28-29H,9,22-23H2. The van der Waals surface area contributed by atoms with Crippen molar-refractivity contribution in [2.45, 2.75) is 24.7 Å². The molecule has 148 valence electrons. The second-order valence-electron chi connectivity index (χ2n) is 9.19. The van der Waals surface area contributed by atoms with E-state index in [4.69, 9.17) is 0 Å². The first-order valence-electron chi connectivity index (χ1n) is 11.2. The van der Waals surface area contributed by atoms with E-state index in [9.17, 15) is 0 Å². The normalized spacial score (nSPS) is 31.0. The number of allylic oxidation sites excluding steroid dienone is 8. The molecule has 0 aromatic heterocycles. The van der Waals surface area contributed by atoms with Crippen LogP contribution >= 0.6 is 0 Å². The van der Waals surface area contributed by atoms with E-state index >= 15 is 0 Å². The fraction of sp³-hybridized carbons (Fsp3) is 0.226. The molecule has 4 atom stereocenters. The van der Waals surface area contributed by atoms with Crippen LogP contribution in [0.5, 0.6) is 0 Å². The van der Waals surface area contributed by atoms with Crippen molar-refractivity contribution >= 4 is 0 Å². The van der Waals surface area contributed by atoms with Crippen LogP contribution in [-0.2, 0) is 5.41 Å². The highest BCUT2D eigenvalue weighted by atomic mass is 14.6. The summed E-state index contributed by atoms with van der Waals surface area (Å²) in [6.45, 7) is 0. The van der Waals surface area contributed by atoms with E-state index in [-0.39, 0.29) is 10.8 Å². The van der Waals surface area contributed by atoms with Crippen molar-refractivity contribution in [2.75, 3.05) is 0 Å². The highest BCUT2D eigenvalue weighted by Gasteiger charge is 2.53. The minimum Gasteiger partial charge on any atom is -0.0866 e. The molecule has 0 amide bonds. The Kier molecular flexibility index (Phi) is 4.16. The Bertz CT molecular complexity index is 1260. The van der Waals surface area contributed by atoms with E-state index in [0.717, 1.165) is 17.5 Å². The summed E-state index contributed by atoms with van der Waals surface area (Å²) in [5, 5.41) is 0. The van der Waals surface area contributed by atoms with Gasteiger partial charge in [-0.15, -0.1) is 0 Å². The van der Waals surface area contributed by atoms with Gasteiger partial charge in [0.1, 0.15) is 0 Å². The zero-order valence-electron chi connectivity index (χ0n) is 17.5. The summed E-state index contributed by atoms with van der Waals surface area (Å²) in [5.41, 5.74) is 5.08. The van der Waals surface area contributed by atoms with Gasteiger partial charge in [-0.05, 0) is 60.9 Å². The second kappa shape index (κ2) is 7.04. The van der Waals surface area contributed by atoms with Crippen molar-refractivity contribution in [2.24, 2.45) is 17.3 Å². The van der Waals surface area contributed by atoms with Crippen molar-refractivity contribution in [3.05, 3.63) is 119 Å². The Labute approximate surface area is 185 Å². The molecule has 0 heteroatoms. The second-order valence-corrected chi connectivity index (χ2v) is 9.19. The molecule has 4 aliphatic carbocycles. The number of fused-ring (bicyclic) bond motifs is 2. The summed E-state index contributed by atoms with van der Waals surface area (Å²) in [5.74, 6) is 14.9. The van der Waals surface area contributed by atoms with Gasteiger partial charge in [0.05, 0.1) is 5.41 Å². The average Bonchev–Trinajstić information content (AvgIpc) is 3.70. The van der Waals surface area contributed by atoms with E-state index in [1.54, 1.807) is 0 Å². The molecule has 0 N–H and O–H groups in total. The molecule has 31 heavy (non-hydrogen) atoms. The first-order valence-corrected chi connectivity index (χ1v) is 11.2. The van der Waals surface area contributed by atoms with Crippen LogP contribution in [0.1, 0.15) is 36.0 Å². The van der Waals surface area contributed by atoms with Crippen LogP contribution in [0.25, 0.3) is 0 Å². The molecule has 6 rings (SSSR count). The molecule has 4 unspecified atom stereocenters. The zero-order valence-corrected chi connectivity index (χ0v) is 17.5. The van der Waals surface area contributed by atoms with Gasteiger partial charge in [-0.2, -0.15) is 0 Å². The molecule has 2 aromatic rings. The summed E-state index contributed by atoms with van der Waals surface area (Å²) in [6.07, 6.45) is 19.4. The first kappa shape index (κ1) is 18.3. The Balaban J connectivity index is 1.19. The van der Waals surface area contributed by atoms with Gasteiger partial charge in [0.25, 0.3) is 0 Å². The number of rotatable bonds is 1. The predicted molar refractivity (Wildman–Crippen MR) is 127 cm³/mol. The summed E-state index contributed by atoms with van der Waals surface area (Å²) < 4.78 is 0. The Morgan fingerprint density at radius 2 is 1.55 bits per heavy atom. The van der Waals surface area contributed by atoms with Gasteiger partial charge in [-0.3, -0.25) is 0 Å². The third-order valence-corrected chi connectivity index (χ3v) is 7.13. The van der Waals surface area contributed by atoms with Gasteiger partial charge in [0.15, 0.2) is 0 Å². The smallest absolute Gasteiger partial charge is 0.0569 e. The molecule has 0 radical (unpaired) electrons. The fourth-order valence-corrected chi connectivity index (χ4v) is 5.01. The van der Waals surface area contributed by atoms with E-state index in [0.29, 0.717) is 11.8 Å². The first-order chi connectivity index (χ1) is 15.3. The van der Waals surface area contributed by atoms with Crippen molar-refractivity contribution in [3.63, 3.8) is 0 Å². The van der Waals surface area contributed by atoms with Gasteiger partial charge in [0, 0.05) is 22.1 Å². The SMILES string of the molecule is C(#CC12C=CC=CC1C2)C1=CC2CC2(c2ccc(C#Cc3ccccc3)cc2)C=CC1. The molecule has 4 aliphatic rings. The summed E-state index contributed by atoms with van der Waals surface area (Å²) in [6, 6.07) is 19.0. The lowest BCUT2D eigenvalue weighted by Gasteiger charge is -2.11. The quantitative estimate of drug-likeness (QED) is 0.388. The molecule has 0 heterocycles. The summed E-state index contributed by atoms with van der Waals surface area (Å²) >= 11 is 0. The van der Waals surface area contributed by atoms with E-state index < -0.39 is 0 Å². The molecular weight excluding hydrogens is 372 g/mol.